The van der Waals surface area contributed by atoms with Crippen LogP contribution >= 0.6 is 0 Å². The van der Waals surface area contributed by atoms with E-state index in [0.717, 1.165) is 13.1 Å². The van der Waals surface area contributed by atoms with E-state index in [1.165, 1.54) is 11.1 Å². The Labute approximate surface area is 87.7 Å². The molecule has 0 N–H and O–H groups in total. The van der Waals surface area contributed by atoms with Crippen LogP contribution in [0.25, 0.3) is 0 Å². The fraction of sp³-hybridized carbons (Fsp3) is 0.538. The van der Waals surface area contributed by atoms with Gasteiger partial charge in [-0.1, -0.05) is 36.8 Å². The van der Waals surface area contributed by atoms with Gasteiger partial charge < -0.3 is 0 Å². The molecule has 1 aromatic rings. The fourth-order valence-electron chi connectivity index (χ4n) is 1.59. The van der Waals surface area contributed by atoms with Gasteiger partial charge in [0.1, 0.15) is 0 Å². The average Bonchev–Trinajstić information content (AvgIpc) is 2.16. The first-order valence-electron chi connectivity index (χ1n) is 5.43. The molecule has 0 amide bonds. The number of aryl methyl sites for hydroxylation is 1. The highest BCUT2D eigenvalue weighted by Gasteiger charge is 2.06. The molecule has 1 aromatic carbocycles. The number of rotatable bonds is 4. The SMILES string of the molecule is CCN(Cc1ccc(C)cc1)C(C)C. The summed E-state index contributed by atoms with van der Waals surface area (Å²) in [6, 6.07) is 9.44. The Bertz CT molecular complexity index is 261. The molecule has 0 bridgehead atoms. The van der Waals surface area contributed by atoms with Crippen molar-refractivity contribution >= 4 is 0 Å². The number of benzene rings is 1. The molecule has 0 aliphatic rings. The molecule has 1 nitrogen and oxygen atoms in total. The molecule has 1 heteroatoms. The van der Waals surface area contributed by atoms with E-state index < -0.39 is 0 Å². The van der Waals surface area contributed by atoms with E-state index in [1.807, 2.05) is 0 Å². The third-order valence-electron chi connectivity index (χ3n) is 2.64. The fourth-order valence-corrected chi connectivity index (χ4v) is 1.59. The van der Waals surface area contributed by atoms with Gasteiger partial charge in [-0.25, -0.2) is 0 Å². The van der Waals surface area contributed by atoms with Gasteiger partial charge in [0.05, 0.1) is 0 Å². The molecule has 0 atom stereocenters. The van der Waals surface area contributed by atoms with E-state index in [2.05, 4.69) is 56.9 Å². The third-order valence-corrected chi connectivity index (χ3v) is 2.64. The first-order valence-corrected chi connectivity index (χ1v) is 5.43. The van der Waals surface area contributed by atoms with E-state index in [4.69, 9.17) is 0 Å². The zero-order valence-corrected chi connectivity index (χ0v) is 9.75. The monoisotopic (exact) mass is 191 g/mol. The molecule has 78 valence electrons. The molecule has 0 aliphatic carbocycles. The predicted molar refractivity (Wildman–Crippen MR) is 62.4 cm³/mol. The molecule has 0 saturated heterocycles. The normalized spacial score (nSPS) is 11.3. The van der Waals surface area contributed by atoms with Crippen LogP contribution < -0.4 is 0 Å². The van der Waals surface area contributed by atoms with Gasteiger partial charge >= 0.3 is 0 Å². The minimum atomic E-state index is 0.626. The van der Waals surface area contributed by atoms with Crippen molar-refractivity contribution in [3.05, 3.63) is 35.4 Å². The summed E-state index contributed by atoms with van der Waals surface area (Å²) in [4.78, 5) is 2.46. The average molecular weight is 191 g/mol. The van der Waals surface area contributed by atoms with Crippen molar-refractivity contribution in [3.8, 4) is 0 Å². The van der Waals surface area contributed by atoms with Crippen LogP contribution in [-0.4, -0.2) is 17.5 Å². The molecular weight excluding hydrogens is 170 g/mol. The van der Waals surface area contributed by atoms with Gasteiger partial charge in [-0.3, -0.25) is 4.90 Å². The maximum Gasteiger partial charge on any atom is 0.0236 e. The van der Waals surface area contributed by atoms with Crippen molar-refractivity contribution < 1.29 is 0 Å². The summed E-state index contributed by atoms with van der Waals surface area (Å²) in [5.74, 6) is 0. The van der Waals surface area contributed by atoms with Crippen molar-refractivity contribution in [2.45, 2.75) is 40.3 Å². The van der Waals surface area contributed by atoms with Gasteiger partial charge in [-0.2, -0.15) is 0 Å². The van der Waals surface area contributed by atoms with Crippen LogP contribution in [0.1, 0.15) is 31.9 Å². The lowest BCUT2D eigenvalue weighted by Crippen LogP contribution is -2.29. The second-order valence-electron chi connectivity index (χ2n) is 4.14. The largest absolute Gasteiger partial charge is 0.297 e. The first-order chi connectivity index (χ1) is 6.63. The zero-order valence-electron chi connectivity index (χ0n) is 9.75. The second-order valence-corrected chi connectivity index (χ2v) is 4.14. The van der Waals surface area contributed by atoms with E-state index in [-0.39, 0.29) is 0 Å². The summed E-state index contributed by atoms with van der Waals surface area (Å²) in [5.41, 5.74) is 2.74. The van der Waals surface area contributed by atoms with Gasteiger partial charge in [0.15, 0.2) is 0 Å². The maximum absolute atomic E-state index is 2.46. The van der Waals surface area contributed by atoms with Gasteiger partial charge in [-0.15, -0.1) is 0 Å². The molecule has 14 heavy (non-hydrogen) atoms. The van der Waals surface area contributed by atoms with Crippen LogP contribution in [0.5, 0.6) is 0 Å². The molecule has 0 radical (unpaired) electrons. The molecular formula is C13H21N. The molecule has 0 saturated carbocycles. The Morgan fingerprint density at radius 3 is 2.14 bits per heavy atom. The van der Waals surface area contributed by atoms with E-state index in [0.29, 0.717) is 6.04 Å². The van der Waals surface area contributed by atoms with Gasteiger partial charge in [0.2, 0.25) is 0 Å². The number of hydrogen-bond donors (Lipinski definition) is 0. The lowest BCUT2D eigenvalue weighted by Gasteiger charge is -2.24. The quantitative estimate of drug-likeness (QED) is 0.706. The van der Waals surface area contributed by atoms with Crippen molar-refractivity contribution in [2.75, 3.05) is 6.54 Å². The Hall–Kier alpha value is -0.820. The Morgan fingerprint density at radius 1 is 1.14 bits per heavy atom. The first kappa shape index (κ1) is 11.3. The Kier molecular flexibility index (Phi) is 4.15. The van der Waals surface area contributed by atoms with Crippen molar-refractivity contribution in [1.29, 1.82) is 0 Å². The van der Waals surface area contributed by atoms with Crippen LogP contribution in [0.4, 0.5) is 0 Å². The van der Waals surface area contributed by atoms with Crippen LogP contribution in [-0.2, 0) is 6.54 Å². The van der Waals surface area contributed by atoms with E-state index >= 15 is 0 Å². The summed E-state index contributed by atoms with van der Waals surface area (Å²) < 4.78 is 0. The third kappa shape index (κ3) is 3.15. The Morgan fingerprint density at radius 2 is 1.71 bits per heavy atom. The highest BCUT2D eigenvalue weighted by atomic mass is 15.1. The highest BCUT2D eigenvalue weighted by molar-refractivity contribution is 5.21. The minimum absolute atomic E-state index is 0.626. The van der Waals surface area contributed by atoms with E-state index in [1.54, 1.807) is 0 Å². The molecule has 0 aliphatic heterocycles. The number of nitrogens with zero attached hydrogens (tertiary/aromatic N) is 1. The van der Waals surface area contributed by atoms with Crippen molar-refractivity contribution in [3.63, 3.8) is 0 Å². The van der Waals surface area contributed by atoms with Crippen LogP contribution in [0.2, 0.25) is 0 Å². The van der Waals surface area contributed by atoms with Crippen LogP contribution in [0.15, 0.2) is 24.3 Å². The van der Waals surface area contributed by atoms with E-state index in [9.17, 15) is 0 Å². The van der Waals surface area contributed by atoms with Crippen LogP contribution in [0, 0.1) is 6.92 Å². The lowest BCUT2D eigenvalue weighted by molar-refractivity contribution is 0.225. The zero-order chi connectivity index (χ0) is 10.6. The minimum Gasteiger partial charge on any atom is -0.297 e. The molecule has 0 unspecified atom stereocenters. The van der Waals surface area contributed by atoms with Crippen molar-refractivity contribution in [1.82, 2.24) is 4.90 Å². The van der Waals surface area contributed by atoms with Crippen molar-refractivity contribution in [2.24, 2.45) is 0 Å². The second kappa shape index (κ2) is 5.16. The summed E-state index contributed by atoms with van der Waals surface area (Å²) in [6.07, 6.45) is 0. The maximum atomic E-state index is 2.46. The smallest absolute Gasteiger partial charge is 0.0236 e. The highest BCUT2D eigenvalue weighted by Crippen LogP contribution is 2.08. The molecule has 1 rings (SSSR count). The topological polar surface area (TPSA) is 3.24 Å². The summed E-state index contributed by atoms with van der Waals surface area (Å²) in [6.45, 7) is 11.0. The number of hydrogen-bond acceptors (Lipinski definition) is 1. The predicted octanol–water partition coefficient (Wildman–Crippen LogP) is 3.23. The van der Waals surface area contributed by atoms with Crippen LogP contribution in [0.3, 0.4) is 0 Å². The molecule has 0 aromatic heterocycles. The standard InChI is InChI=1S/C13H21N/c1-5-14(11(2)3)10-13-8-6-12(4)7-9-13/h6-9,11H,5,10H2,1-4H3. The summed E-state index contributed by atoms with van der Waals surface area (Å²) in [5, 5.41) is 0. The molecule has 0 fully saturated rings. The van der Waals surface area contributed by atoms with Gasteiger partial charge in [0.25, 0.3) is 0 Å². The van der Waals surface area contributed by atoms with Gasteiger partial charge in [0, 0.05) is 12.6 Å². The van der Waals surface area contributed by atoms with Gasteiger partial charge in [-0.05, 0) is 32.9 Å². The molecule has 0 spiro atoms. The molecule has 0 heterocycles. The summed E-state index contributed by atoms with van der Waals surface area (Å²) >= 11 is 0. The Balaban J connectivity index is 2.63. The lowest BCUT2D eigenvalue weighted by atomic mass is 10.1. The summed E-state index contributed by atoms with van der Waals surface area (Å²) in [7, 11) is 0.